The van der Waals surface area contributed by atoms with Crippen molar-refractivity contribution in [2.24, 2.45) is 0 Å². The van der Waals surface area contributed by atoms with Crippen LogP contribution < -0.4 is 10.9 Å². The Kier molecular flexibility index (Phi) is 2.80. The largest absolute Gasteiger partial charge is 0.289 e. The van der Waals surface area contributed by atoms with Crippen molar-refractivity contribution in [3.8, 4) is 0 Å². The molecule has 0 N–H and O–H groups in total. The third-order valence-electron chi connectivity index (χ3n) is 6.57. The molecule has 0 saturated heterocycles. The van der Waals surface area contributed by atoms with Gasteiger partial charge >= 0.3 is 0 Å². The minimum absolute atomic E-state index is 0.0853. The molecule has 7 aromatic rings. The minimum Gasteiger partial charge on any atom is -0.289 e. The minimum atomic E-state index is 0.0853. The van der Waals surface area contributed by atoms with Gasteiger partial charge in [0, 0.05) is 26.9 Å². The maximum Gasteiger partial charge on any atom is 0.194 e. The normalized spacial score (nSPS) is 12.3. The standard InChI is InChI=1S/C28H14O2/c29-27-23-8-4-2-6-18(23)25-19-12-13-21-17(16(19)10-14-24(25)27)9-11-20-15-5-1-3-7-22(15)28(30)26(20)21/h1-14H. The van der Waals surface area contributed by atoms with Crippen molar-refractivity contribution in [2.45, 2.75) is 0 Å². The predicted octanol–water partition coefficient (Wildman–Crippen LogP) is 6.20. The van der Waals surface area contributed by atoms with Crippen molar-refractivity contribution in [1.82, 2.24) is 0 Å². The van der Waals surface area contributed by atoms with Gasteiger partial charge in [0.25, 0.3) is 0 Å². The van der Waals surface area contributed by atoms with Gasteiger partial charge in [-0.2, -0.15) is 0 Å². The molecule has 0 atom stereocenters. The fourth-order valence-electron chi connectivity index (χ4n) is 5.27. The Hall–Kier alpha value is -4.04. The molecule has 2 heteroatoms. The number of hydrogen-bond donors (Lipinski definition) is 0. The summed E-state index contributed by atoms with van der Waals surface area (Å²) in [7, 11) is 0. The summed E-state index contributed by atoms with van der Waals surface area (Å²) in [5, 5.41) is 11.2. The van der Waals surface area contributed by atoms with Crippen molar-refractivity contribution in [3.63, 3.8) is 0 Å². The Morgan fingerprint density at radius 1 is 0.300 bits per heavy atom. The van der Waals surface area contributed by atoms with Crippen molar-refractivity contribution in [3.05, 3.63) is 105 Å². The van der Waals surface area contributed by atoms with Crippen LogP contribution in [0.3, 0.4) is 0 Å². The Bertz CT molecular complexity index is 1930. The highest BCUT2D eigenvalue weighted by Gasteiger charge is 2.16. The van der Waals surface area contributed by atoms with E-state index in [4.69, 9.17) is 0 Å². The molecule has 0 heterocycles. The van der Waals surface area contributed by atoms with Crippen LogP contribution in [-0.2, 0) is 0 Å². The van der Waals surface area contributed by atoms with E-state index in [-0.39, 0.29) is 10.9 Å². The second kappa shape index (κ2) is 5.31. The molecule has 30 heavy (non-hydrogen) atoms. The van der Waals surface area contributed by atoms with Crippen LogP contribution in [0.2, 0.25) is 0 Å². The summed E-state index contributed by atoms with van der Waals surface area (Å²) < 4.78 is 0. The Balaban J connectivity index is 1.74. The molecule has 0 aliphatic carbocycles. The lowest BCUT2D eigenvalue weighted by molar-refractivity contribution is 1.80. The van der Waals surface area contributed by atoms with Gasteiger partial charge in [-0.25, -0.2) is 0 Å². The number of hydrogen-bond acceptors (Lipinski definition) is 2. The highest BCUT2D eigenvalue weighted by molar-refractivity contribution is 6.30. The Morgan fingerprint density at radius 3 is 1.30 bits per heavy atom. The van der Waals surface area contributed by atoms with E-state index in [1.807, 2.05) is 66.7 Å². The van der Waals surface area contributed by atoms with E-state index in [0.717, 1.165) is 64.6 Å². The van der Waals surface area contributed by atoms with Crippen LogP contribution in [0.25, 0.3) is 64.6 Å². The van der Waals surface area contributed by atoms with Crippen molar-refractivity contribution in [2.75, 3.05) is 0 Å². The molecule has 0 spiro atoms. The molecule has 0 aliphatic heterocycles. The van der Waals surface area contributed by atoms with E-state index >= 15 is 0 Å². The lowest BCUT2D eigenvalue weighted by atomic mass is 9.96. The lowest BCUT2D eigenvalue weighted by Gasteiger charge is -2.07. The first-order valence-electron chi connectivity index (χ1n) is 10.0. The topological polar surface area (TPSA) is 34.1 Å². The lowest BCUT2D eigenvalue weighted by Crippen LogP contribution is -1.95. The van der Waals surface area contributed by atoms with Crippen LogP contribution in [0.1, 0.15) is 0 Å². The molecule has 0 bridgehead atoms. The molecule has 0 amide bonds. The fraction of sp³-hybridized carbons (Fsp3) is 0. The zero-order chi connectivity index (χ0) is 20.0. The number of rotatable bonds is 0. The van der Waals surface area contributed by atoms with Crippen LogP contribution in [0.15, 0.2) is 94.5 Å². The quantitative estimate of drug-likeness (QED) is 0.293. The van der Waals surface area contributed by atoms with Crippen molar-refractivity contribution in [1.29, 1.82) is 0 Å². The first kappa shape index (κ1) is 15.8. The summed E-state index contributed by atoms with van der Waals surface area (Å²) in [6.45, 7) is 0. The van der Waals surface area contributed by atoms with Gasteiger partial charge in [-0.15, -0.1) is 0 Å². The summed E-state index contributed by atoms with van der Waals surface area (Å²) in [4.78, 5) is 26.1. The second-order valence-corrected chi connectivity index (χ2v) is 7.98. The maximum absolute atomic E-state index is 13.2. The number of fused-ring (bicyclic) bond motifs is 11. The summed E-state index contributed by atoms with van der Waals surface area (Å²) in [5.41, 5.74) is 0.175. The van der Waals surface area contributed by atoms with Gasteiger partial charge in [0.15, 0.2) is 10.9 Å². The van der Waals surface area contributed by atoms with E-state index < -0.39 is 0 Å². The van der Waals surface area contributed by atoms with Gasteiger partial charge in [0.05, 0.1) is 0 Å². The Morgan fingerprint density at radius 2 is 0.667 bits per heavy atom. The van der Waals surface area contributed by atoms with E-state index in [1.165, 1.54) is 0 Å². The SMILES string of the molecule is O=c1c2ccccc2c2c1ccc1c3ccc4c5ccccc5c(=O)c4c3ccc12. The van der Waals surface area contributed by atoms with Crippen LogP contribution >= 0.6 is 0 Å². The molecule has 0 unspecified atom stereocenters. The van der Waals surface area contributed by atoms with Crippen molar-refractivity contribution >= 4 is 64.6 Å². The van der Waals surface area contributed by atoms with Gasteiger partial charge in [0.1, 0.15) is 0 Å². The molecule has 7 aromatic carbocycles. The van der Waals surface area contributed by atoms with E-state index in [0.29, 0.717) is 0 Å². The molecule has 138 valence electrons. The van der Waals surface area contributed by atoms with Gasteiger partial charge in [0.2, 0.25) is 0 Å². The summed E-state index contributed by atoms with van der Waals surface area (Å²) >= 11 is 0. The molecule has 0 aromatic heterocycles. The van der Waals surface area contributed by atoms with Gasteiger partial charge in [-0.1, -0.05) is 78.9 Å². The van der Waals surface area contributed by atoms with E-state index in [9.17, 15) is 9.59 Å². The second-order valence-electron chi connectivity index (χ2n) is 7.98. The molecule has 0 radical (unpaired) electrons. The number of benzene rings is 5. The summed E-state index contributed by atoms with van der Waals surface area (Å²) in [5.74, 6) is 0. The summed E-state index contributed by atoms with van der Waals surface area (Å²) in [6.07, 6.45) is 0. The van der Waals surface area contributed by atoms with Gasteiger partial charge in [-0.05, 0) is 43.8 Å². The Labute approximate surface area is 170 Å². The smallest absolute Gasteiger partial charge is 0.194 e. The predicted molar refractivity (Wildman–Crippen MR) is 126 cm³/mol. The summed E-state index contributed by atoms with van der Waals surface area (Å²) in [6, 6.07) is 27.9. The third kappa shape index (κ3) is 1.75. The average molecular weight is 382 g/mol. The van der Waals surface area contributed by atoms with E-state index in [1.54, 1.807) is 0 Å². The highest BCUT2D eigenvalue weighted by Crippen LogP contribution is 2.37. The first-order chi connectivity index (χ1) is 14.7. The average Bonchev–Trinajstić information content (AvgIpc) is 3.26. The molecule has 0 aliphatic rings. The zero-order valence-corrected chi connectivity index (χ0v) is 15.9. The van der Waals surface area contributed by atoms with Crippen LogP contribution in [-0.4, -0.2) is 0 Å². The molecular formula is C28H14O2. The molecule has 0 fully saturated rings. The maximum atomic E-state index is 13.2. The first-order valence-corrected chi connectivity index (χ1v) is 10.0. The molecular weight excluding hydrogens is 368 g/mol. The molecule has 7 rings (SSSR count). The molecule has 0 saturated carbocycles. The highest BCUT2D eigenvalue weighted by atomic mass is 16.1. The van der Waals surface area contributed by atoms with Gasteiger partial charge < -0.3 is 0 Å². The van der Waals surface area contributed by atoms with Crippen molar-refractivity contribution < 1.29 is 0 Å². The molecule has 2 nitrogen and oxygen atoms in total. The van der Waals surface area contributed by atoms with E-state index in [2.05, 4.69) is 18.2 Å². The third-order valence-corrected chi connectivity index (χ3v) is 6.57. The van der Waals surface area contributed by atoms with Gasteiger partial charge in [-0.3, -0.25) is 9.59 Å². The fourth-order valence-corrected chi connectivity index (χ4v) is 5.27. The zero-order valence-electron chi connectivity index (χ0n) is 15.9. The van der Waals surface area contributed by atoms with Crippen LogP contribution in [0.4, 0.5) is 0 Å². The van der Waals surface area contributed by atoms with Crippen LogP contribution in [0.5, 0.6) is 0 Å². The van der Waals surface area contributed by atoms with Crippen LogP contribution in [0, 0.1) is 0 Å². The monoisotopic (exact) mass is 382 g/mol.